The lowest BCUT2D eigenvalue weighted by Gasteiger charge is -2.21. The Labute approximate surface area is 170 Å². The van der Waals surface area contributed by atoms with Gasteiger partial charge in [0, 0.05) is 24.6 Å². The molecule has 1 aromatic heterocycles. The Bertz CT molecular complexity index is 1150. The van der Waals surface area contributed by atoms with Gasteiger partial charge in [-0.2, -0.15) is 0 Å². The van der Waals surface area contributed by atoms with Gasteiger partial charge in [-0.1, -0.05) is 60.7 Å². The van der Waals surface area contributed by atoms with E-state index in [1.165, 1.54) is 5.56 Å². The maximum Gasteiger partial charge on any atom is 0.227 e. The number of carbonyl (C=O) groups excluding carboxylic acids is 1. The van der Waals surface area contributed by atoms with Crippen LogP contribution < -0.4 is 4.90 Å². The smallest absolute Gasteiger partial charge is 0.227 e. The zero-order valence-electron chi connectivity index (χ0n) is 16.4. The van der Waals surface area contributed by atoms with E-state index in [2.05, 4.69) is 54.0 Å². The molecule has 1 saturated heterocycles. The lowest BCUT2D eigenvalue weighted by atomic mass is 10.0. The van der Waals surface area contributed by atoms with Gasteiger partial charge in [0.05, 0.1) is 17.1 Å². The van der Waals surface area contributed by atoms with E-state index in [1.807, 2.05) is 47.4 Å². The van der Waals surface area contributed by atoms with E-state index < -0.39 is 0 Å². The van der Waals surface area contributed by atoms with Crippen LogP contribution in [0, 0.1) is 0 Å². The average Bonchev–Trinajstić information content (AvgIpc) is 3.35. The molecule has 3 aromatic carbocycles. The van der Waals surface area contributed by atoms with Crippen LogP contribution >= 0.6 is 0 Å². The monoisotopic (exact) mass is 381 g/mol. The molecule has 0 radical (unpaired) electrons. The Kier molecular flexibility index (Phi) is 4.39. The number of benzene rings is 3. The Balaban J connectivity index is 1.58. The zero-order chi connectivity index (χ0) is 19.8. The molecule has 2 atom stereocenters. The number of aromatic nitrogens is 2. The van der Waals surface area contributed by atoms with E-state index >= 15 is 0 Å². The molecule has 2 heterocycles. The molecule has 1 amide bonds. The number of fused-ring (bicyclic) bond motifs is 1. The molecule has 1 aliphatic heterocycles. The maximum absolute atomic E-state index is 12.8. The van der Waals surface area contributed by atoms with Crippen LogP contribution in [0.1, 0.15) is 36.7 Å². The van der Waals surface area contributed by atoms with Gasteiger partial charge in [0.25, 0.3) is 0 Å². The van der Waals surface area contributed by atoms with Gasteiger partial charge in [0.15, 0.2) is 0 Å². The van der Waals surface area contributed by atoms with Crippen molar-refractivity contribution in [3.63, 3.8) is 0 Å². The standard InChI is InChI=1S/C25H23N3O/c1-18(19-10-4-2-5-11-19)28-23-15-9-8-14-22(23)26-25(28)20-16-24(29)27(17-20)21-12-6-3-7-13-21/h2-15,18,20H,16-17H2,1H3/t18-,20-/m1/s1. The summed E-state index contributed by atoms with van der Waals surface area (Å²) in [5.74, 6) is 1.22. The van der Waals surface area contributed by atoms with E-state index in [4.69, 9.17) is 4.98 Å². The minimum atomic E-state index is 0.0706. The van der Waals surface area contributed by atoms with Crippen LogP contribution in [0.5, 0.6) is 0 Å². The lowest BCUT2D eigenvalue weighted by Crippen LogP contribution is -2.24. The fraction of sp³-hybridized carbons (Fsp3) is 0.200. The number of imidazole rings is 1. The molecule has 0 unspecified atom stereocenters. The molecule has 5 rings (SSSR count). The van der Waals surface area contributed by atoms with Gasteiger partial charge in [0.1, 0.15) is 5.82 Å². The third-order valence-electron chi connectivity index (χ3n) is 5.85. The summed E-state index contributed by atoms with van der Waals surface area (Å²) >= 11 is 0. The van der Waals surface area contributed by atoms with Crippen LogP contribution in [-0.4, -0.2) is 22.0 Å². The van der Waals surface area contributed by atoms with Gasteiger partial charge in [0.2, 0.25) is 5.91 Å². The van der Waals surface area contributed by atoms with E-state index in [9.17, 15) is 4.79 Å². The highest BCUT2D eigenvalue weighted by Gasteiger charge is 2.35. The highest BCUT2D eigenvalue weighted by atomic mass is 16.2. The van der Waals surface area contributed by atoms with E-state index in [-0.39, 0.29) is 17.9 Å². The summed E-state index contributed by atoms with van der Waals surface area (Å²) in [6.45, 7) is 2.87. The van der Waals surface area contributed by atoms with Crippen LogP contribution in [0.3, 0.4) is 0 Å². The summed E-state index contributed by atoms with van der Waals surface area (Å²) < 4.78 is 2.32. The normalized spacial score (nSPS) is 17.8. The van der Waals surface area contributed by atoms with Crippen molar-refractivity contribution < 1.29 is 4.79 Å². The second-order valence-electron chi connectivity index (χ2n) is 7.66. The summed E-state index contributed by atoms with van der Waals surface area (Å²) in [5, 5.41) is 0. The van der Waals surface area contributed by atoms with E-state index in [0.29, 0.717) is 13.0 Å². The van der Waals surface area contributed by atoms with Crippen molar-refractivity contribution in [2.24, 2.45) is 0 Å². The maximum atomic E-state index is 12.8. The van der Waals surface area contributed by atoms with Gasteiger partial charge in [-0.3, -0.25) is 4.79 Å². The van der Waals surface area contributed by atoms with Crippen molar-refractivity contribution in [1.29, 1.82) is 0 Å². The van der Waals surface area contributed by atoms with Gasteiger partial charge in [-0.25, -0.2) is 4.98 Å². The predicted octanol–water partition coefficient (Wildman–Crippen LogP) is 5.17. The third-order valence-corrected chi connectivity index (χ3v) is 5.85. The number of rotatable bonds is 4. The fourth-order valence-electron chi connectivity index (χ4n) is 4.38. The van der Waals surface area contributed by atoms with Crippen LogP contribution in [0.2, 0.25) is 0 Å². The SMILES string of the molecule is C[C@H](c1ccccc1)n1c([C@@H]2CC(=O)N(c3ccccc3)C2)nc2ccccc21. The molecule has 0 aliphatic carbocycles. The number of carbonyl (C=O) groups is 1. The molecule has 0 saturated carbocycles. The number of hydrogen-bond acceptors (Lipinski definition) is 2. The minimum Gasteiger partial charge on any atom is -0.320 e. The minimum absolute atomic E-state index is 0.0706. The summed E-state index contributed by atoms with van der Waals surface area (Å²) in [6, 6.07) is 28.8. The van der Waals surface area contributed by atoms with Gasteiger partial charge in [-0.15, -0.1) is 0 Å². The first-order valence-electron chi connectivity index (χ1n) is 10.1. The van der Waals surface area contributed by atoms with Crippen LogP contribution in [0.15, 0.2) is 84.9 Å². The largest absolute Gasteiger partial charge is 0.320 e. The van der Waals surface area contributed by atoms with Crippen molar-refractivity contribution in [3.05, 3.63) is 96.3 Å². The topological polar surface area (TPSA) is 38.1 Å². The summed E-state index contributed by atoms with van der Waals surface area (Å²) in [7, 11) is 0. The molecule has 0 N–H and O–H groups in total. The first-order chi connectivity index (χ1) is 14.2. The van der Waals surface area contributed by atoms with Crippen molar-refractivity contribution in [1.82, 2.24) is 9.55 Å². The Morgan fingerprint density at radius 3 is 2.31 bits per heavy atom. The summed E-state index contributed by atoms with van der Waals surface area (Å²) in [5.41, 5.74) is 4.29. The summed E-state index contributed by atoms with van der Waals surface area (Å²) in [6.07, 6.45) is 0.486. The summed E-state index contributed by atoms with van der Waals surface area (Å²) in [4.78, 5) is 19.7. The van der Waals surface area contributed by atoms with Crippen LogP contribution in [-0.2, 0) is 4.79 Å². The average molecular weight is 381 g/mol. The third kappa shape index (κ3) is 3.11. The van der Waals surface area contributed by atoms with Crippen LogP contribution in [0.25, 0.3) is 11.0 Å². The van der Waals surface area contributed by atoms with E-state index in [0.717, 1.165) is 22.5 Å². The molecule has 4 heteroatoms. The molecule has 4 aromatic rings. The highest BCUT2D eigenvalue weighted by molar-refractivity contribution is 5.96. The van der Waals surface area contributed by atoms with Crippen molar-refractivity contribution >= 4 is 22.6 Å². The fourth-order valence-corrected chi connectivity index (χ4v) is 4.38. The van der Waals surface area contributed by atoms with E-state index in [1.54, 1.807) is 0 Å². The Morgan fingerprint density at radius 2 is 1.55 bits per heavy atom. The molecular formula is C25H23N3O. The molecule has 29 heavy (non-hydrogen) atoms. The predicted molar refractivity (Wildman–Crippen MR) is 116 cm³/mol. The van der Waals surface area contributed by atoms with Crippen LogP contribution in [0.4, 0.5) is 5.69 Å². The number of para-hydroxylation sites is 3. The first-order valence-corrected chi connectivity index (χ1v) is 10.1. The molecule has 144 valence electrons. The first kappa shape index (κ1) is 17.7. The lowest BCUT2D eigenvalue weighted by molar-refractivity contribution is -0.117. The highest BCUT2D eigenvalue weighted by Crippen LogP contribution is 2.35. The van der Waals surface area contributed by atoms with Crippen molar-refractivity contribution in [2.45, 2.75) is 25.3 Å². The second-order valence-corrected chi connectivity index (χ2v) is 7.66. The molecule has 0 bridgehead atoms. The Hall–Kier alpha value is -3.40. The molecular weight excluding hydrogens is 358 g/mol. The van der Waals surface area contributed by atoms with Gasteiger partial charge >= 0.3 is 0 Å². The zero-order valence-corrected chi connectivity index (χ0v) is 16.4. The quantitative estimate of drug-likeness (QED) is 0.489. The molecule has 1 fully saturated rings. The van der Waals surface area contributed by atoms with Crippen molar-refractivity contribution in [3.8, 4) is 0 Å². The number of amides is 1. The van der Waals surface area contributed by atoms with Gasteiger partial charge < -0.3 is 9.47 Å². The number of hydrogen-bond donors (Lipinski definition) is 0. The molecule has 1 aliphatic rings. The second kappa shape index (κ2) is 7.21. The number of nitrogens with zero attached hydrogens (tertiary/aromatic N) is 3. The van der Waals surface area contributed by atoms with Gasteiger partial charge in [-0.05, 0) is 36.8 Å². The molecule has 4 nitrogen and oxygen atoms in total. The Morgan fingerprint density at radius 1 is 0.897 bits per heavy atom. The number of anilines is 1. The molecule has 0 spiro atoms. The van der Waals surface area contributed by atoms with Crippen molar-refractivity contribution in [2.75, 3.05) is 11.4 Å².